The molecule has 1 heterocycles. The number of halogens is 3. The number of nitrogens with zero attached hydrogens (tertiary/aromatic N) is 1. The van der Waals surface area contributed by atoms with Crippen LogP contribution >= 0.6 is 0 Å². The first-order chi connectivity index (χ1) is 9.34. The van der Waals surface area contributed by atoms with Gasteiger partial charge in [0.05, 0.1) is 24.2 Å². The molecule has 1 rings (SSSR count). The zero-order valence-electron chi connectivity index (χ0n) is 10.8. The Kier molecular flexibility index (Phi) is 5.75. The summed E-state index contributed by atoms with van der Waals surface area (Å²) in [4.78, 5) is 14.7. The summed E-state index contributed by atoms with van der Waals surface area (Å²) in [5.41, 5.74) is -0.355. The molecule has 1 aromatic heterocycles. The maximum Gasteiger partial charge on any atom is 0.420 e. The minimum atomic E-state index is -4.78. The van der Waals surface area contributed by atoms with E-state index in [9.17, 15) is 18.0 Å². The number of hydrogen-bond acceptors (Lipinski definition) is 4. The number of hydrogen-bond donors (Lipinski definition) is 2. The quantitative estimate of drug-likeness (QED) is 0.818. The van der Waals surface area contributed by atoms with Gasteiger partial charge in [0.25, 0.3) is 0 Å². The van der Waals surface area contributed by atoms with E-state index in [-0.39, 0.29) is 12.3 Å². The molecule has 0 radical (unpaired) electrons. The van der Waals surface area contributed by atoms with E-state index < -0.39 is 24.1 Å². The Balaban J connectivity index is 2.56. The summed E-state index contributed by atoms with van der Waals surface area (Å²) < 4.78 is 41.5. The van der Waals surface area contributed by atoms with Crippen molar-refractivity contribution in [2.24, 2.45) is 0 Å². The maximum atomic E-state index is 12.2. The Morgan fingerprint density at radius 3 is 2.70 bits per heavy atom. The Morgan fingerprint density at radius 1 is 1.50 bits per heavy atom. The van der Waals surface area contributed by atoms with Crippen molar-refractivity contribution < 1.29 is 27.8 Å². The summed E-state index contributed by atoms with van der Waals surface area (Å²) in [5, 5.41) is 11.3. The third-order valence-electron chi connectivity index (χ3n) is 2.35. The van der Waals surface area contributed by atoms with E-state index >= 15 is 0 Å². The third kappa shape index (κ3) is 5.04. The molecule has 5 nitrogen and oxygen atoms in total. The molecular weight excluding hydrogens is 277 g/mol. The molecule has 1 atom stereocenters. The van der Waals surface area contributed by atoms with Gasteiger partial charge in [-0.15, -0.1) is 0 Å². The molecule has 2 N–H and O–H groups in total. The van der Waals surface area contributed by atoms with Crippen LogP contribution in [-0.2, 0) is 4.74 Å². The second kappa shape index (κ2) is 7.09. The van der Waals surface area contributed by atoms with Crippen molar-refractivity contribution in [3.63, 3.8) is 0 Å². The van der Waals surface area contributed by atoms with Crippen LogP contribution in [0.4, 0.5) is 23.7 Å². The minimum Gasteiger partial charge on any atom is -0.449 e. The SMILES string of the molecule is CCCCOC(=O)Nc1ccc(C(O)C(F)(F)F)nc1. The number of amides is 1. The first-order valence-corrected chi connectivity index (χ1v) is 5.99. The number of aromatic nitrogens is 1. The normalized spacial score (nSPS) is 12.8. The Morgan fingerprint density at radius 2 is 2.20 bits per heavy atom. The van der Waals surface area contributed by atoms with Crippen LogP contribution in [0.25, 0.3) is 0 Å². The van der Waals surface area contributed by atoms with Crippen molar-refractivity contribution in [2.45, 2.75) is 32.0 Å². The van der Waals surface area contributed by atoms with E-state index in [2.05, 4.69) is 10.3 Å². The molecule has 0 saturated heterocycles. The fraction of sp³-hybridized carbons (Fsp3) is 0.500. The van der Waals surface area contributed by atoms with E-state index in [0.717, 1.165) is 25.1 Å². The number of carbonyl (C=O) groups excluding carboxylic acids is 1. The van der Waals surface area contributed by atoms with Gasteiger partial charge in [0.1, 0.15) is 0 Å². The van der Waals surface area contributed by atoms with Gasteiger partial charge in [0.15, 0.2) is 6.10 Å². The summed E-state index contributed by atoms with van der Waals surface area (Å²) >= 11 is 0. The molecule has 0 bridgehead atoms. The van der Waals surface area contributed by atoms with Gasteiger partial charge in [0.2, 0.25) is 0 Å². The second-order valence-electron chi connectivity index (χ2n) is 4.03. The molecule has 0 aliphatic rings. The lowest BCUT2D eigenvalue weighted by atomic mass is 10.2. The second-order valence-corrected chi connectivity index (χ2v) is 4.03. The molecule has 0 aromatic carbocycles. The predicted molar refractivity (Wildman–Crippen MR) is 65.1 cm³/mol. The van der Waals surface area contributed by atoms with Crippen LogP contribution in [0.15, 0.2) is 18.3 Å². The highest BCUT2D eigenvalue weighted by atomic mass is 19.4. The van der Waals surface area contributed by atoms with Gasteiger partial charge in [0, 0.05) is 0 Å². The molecule has 0 spiro atoms. The summed E-state index contributed by atoms with van der Waals surface area (Å²) in [5.74, 6) is 0. The highest BCUT2D eigenvalue weighted by molar-refractivity contribution is 5.84. The van der Waals surface area contributed by atoms with E-state index in [1.807, 2.05) is 6.92 Å². The van der Waals surface area contributed by atoms with Gasteiger partial charge in [-0.1, -0.05) is 13.3 Å². The van der Waals surface area contributed by atoms with Gasteiger partial charge in [-0.05, 0) is 18.6 Å². The van der Waals surface area contributed by atoms with Crippen molar-refractivity contribution in [1.82, 2.24) is 4.98 Å². The van der Waals surface area contributed by atoms with Crippen molar-refractivity contribution in [3.8, 4) is 0 Å². The van der Waals surface area contributed by atoms with Crippen LogP contribution in [0.5, 0.6) is 0 Å². The zero-order valence-corrected chi connectivity index (χ0v) is 10.8. The van der Waals surface area contributed by atoms with Crippen LogP contribution in [0.1, 0.15) is 31.6 Å². The number of aliphatic hydroxyl groups excluding tert-OH is 1. The number of alkyl halides is 3. The average molecular weight is 292 g/mol. The summed E-state index contributed by atoms with van der Waals surface area (Å²) in [7, 11) is 0. The molecule has 1 aromatic rings. The van der Waals surface area contributed by atoms with E-state index in [1.54, 1.807) is 0 Å². The smallest absolute Gasteiger partial charge is 0.420 e. The van der Waals surface area contributed by atoms with Gasteiger partial charge < -0.3 is 9.84 Å². The highest BCUT2D eigenvalue weighted by Crippen LogP contribution is 2.31. The van der Waals surface area contributed by atoms with Crippen LogP contribution in [0.3, 0.4) is 0 Å². The molecule has 112 valence electrons. The number of aliphatic hydroxyl groups is 1. The van der Waals surface area contributed by atoms with E-state index in [0.29, 0.717) is 0 Å². The zero-order chi connectivity index (χ0) is 15.2. The first kappa shape index (κ1) is 16.2. The van der Waals surface area contributed by atoms with Crippen molar-refractivity contribution in [2.75, 3.05) is 11.9 Å². The standard InChI is InChI=1S/C12H15F3N2O3/c1-2-3-6-20-11(19)17-8-4-5-9(16-7-8)10(18)12(13,14)15/h4-5,7,10,18H,2-3,6H2,1H3,(H,17,19). The lowest BCUT2D eigenvalue weighted by Crippen LogP contribution is -2.21. The predicted octanol–water partition coefficient (Wildman–Crippen LogP) is 3.03. The fourth-order valence-corrected chi connectivity index (χ4v) is 1.27. The van der Waals surface area contributed by atoms with Gasteiger partial charge in [-0.3, -0.25) is 10.3 Å². The van der Waals surface area contributed by atoms with Gasteiger partial charge in [-0.25, -0.2) is 4.79 Å². The number of pyridine rings is 1. The van der Waals surface area contributed by atoms with Crippen LogP contribution in [-0.4, -0.2) is 29.0 Å². The van der Waals surface area contributed by atoms with Crippen molar-refractivity contribution >= 4 is 11.8 Å². The average Bonchev–Trinajstić information content (AvgIpc) is 2.38. The monoisotopic (exact) mass is 292 g/mol. The Hall–Kier alpha value is -1.83. The maximum absolute atomic E-state index is 12.2. The number of anilines is 1. The number of ether oxygens (including phenoxy) is 1. The van der Waals surface area contributed by atoms with Gasteiger partial charge in [-0.2, -0.15) is 13.2 Å². The largest absolute Gasteiger partial charge is 0.449 e. The lowest BCUT2D eigenvalue weighted by Gasteiger charge is -2.14. The number of unbranched alkanes of at least 4 members (excludes halogenated alkanes) is 1. The summed E-state index contributed by atoms with van der Waals surface area (Å²) in [6.45, 7) is 2.20. The summed E-state index contributed by atoms with van der Waals surface area (Å²) in [6, 6.07) is 2.19. The number of carbonyl (C=O) groups is 1. The van der Waals surface area contributed by atoms with E-state index in [4.69, 9.17) is 9.84 Å². The molecule has 8 heteroatoms. The number of nitrogens with one attached hydrogen (secondary N) is 1. The topological polar surface area (TPSA) is 71.5 Å². The fourth-order valence-electron chi connectivity index (χ4n) is 1.27. The van der Waals surface area contributed by atoms with Crippen molar-refractivity contribution in [1.29, 1.82) is 0 Å². The molecule has 0 fully saturated rings. The molecule has 0 aliphatic heterocycles. The Labute approximate surface area is 113 Å². The molecule has 0 saturated carbocycles. The summed E-state index contributed by atoms with van der Waals surface area (Å²) in [6.07, 6.45) is -5.51. The minimum absolute atomic E-state index is 0.185. The van der Waals surface area contributed by atoms with Crippen LogP contribution in [0.2, 0.25) is 0 Å². The van der Waals surface area contributed by atoms with Crippen LogP contribution < -0.4 is 5.32 Å². The number of rotatable bonds is 5. The molecule has 20 heavy (non-hydrogen) atoms. The molecule has 0 aliphatic carbocycles. The van der Waals surface area contributed by atoms with Gasteiger partial charge >= 0.3 is 12.3 Å². The molecule has 1 unspecified atom stereocenters. The van der Waals surface area contributed by atoms with Crippen LogP contribution in [0, 0.1) is 0 Å². The van der Waals surface area contributed by atoms with E-state index in [1.165, 1.54) is 6.07 Å². The molecular formula is C12H15F3N2O3. The highest BCUT2D eigenvalue weighted by Gasteiger charge is 2.40. The first-order valence-electron chi connectivity index (χ1n) is 5.99. The third-order valence-corrected chi connectivity index (χ3v) is 2.35. The van der Waals surface area contributed by atoms with Crippen molar-refractivity contribution in [3.05, 3.63) is 24.0 Å². The Bertz CT molecular complexity index is 435. The lowest BCUT2D eigenvalue weighted by molar-refractivity contribution is -0.207. The molecule has 1 amide bonds.